The van der Waals surface area contributed by atoms with Crippen LogP contribution in [0.3, 0.4) is 0 Å². The highest BCUT2D eigenvalue weighted by Crippen LogP contribution is 2.29. The molecule has 0 radical (unpaired) electrons. The highest BCUT2D eigenvalue weighted by atomic mass is 35.5. The first-order chi connectivity index (χ1) is 8.49. The van der Waals surface area contributed by atoms with Gasteiger partial charge in [0.1, 0.15) is 5.82 Å². The predicted octanol–water partition coefficient (Wildman–Crippen LogP) is 2.27. The molecule has 1 fully saturated rings. The van der Waals surface area contributed by atoms with Crippen LogP contribution in [-0.2, 0) is 0 Å². The Hall–Kier alpha value is -1.33. The van der Waals surface area contributed by atoms with Crippen LogP contribution in [-0.4, -0.2) is 35.2 Å². The Balaban J connectivity index is 2.15. The third kappa shape index (κ3) is 2.57. The Morgan fingerprint density at radius 3 is 2.83 bits per heavy atom. The molecule has 1 saturated heterocycles. The Morgan fingerprint density at radius 1 is 1.56 bits per heavy atom. The third-order valence-corrected chi connectivity index (χ3v) is 3.59. The fraction of sp³-hybridized carbons (Fsp3) is 0.417. The van der Waals surface area contributed by atoms with Crippen molar-refractivity contribution in [1.29, 1.82) is 0 Å². The zero-order valence-electron chi connectivity index (χ0n) is 9.64. The predicted molar refractivity (Wildman–Crippen MR) is 66.3 cm³/mol. The van der Waals surface area contributed by atoms with Gasteiger partial charge < -0.3 is 15.7 Å². The second kappa shape index (κ2) is 5.12. The van der Waals surface area contributed by atoms with Gasteiger partial charge in [0.15, 0.2) is 0 Å². The number of piperidine rings is 1. The summed E-state index contributed by atoms with van der Waals surface area (Å²) < 4.78 is 13.1. The summed E-state index contributed by atoms with van der Waals surface area (Å²) in [7, 11) is 0. The molecule has 3 N–H and O–H groups in total. The number of hydrogen-bond acceptors (Lipinski definition) is 2. The molecule has 0 spiro atoms. The van der Waals surface area contributed by atoms with Gasteiger partial charge in [-0.1, -0.05) is 17.7 Å². The van der Waals surface area contributed by atoms with E-state index in [1.807, 2.05) is 0 Å². The van der Waals surface area contributed by atoms with E-state index in [-0.39, 0.29) is 23.5 Å². The van der Waals surface area contributed by atoms with Crippen LogP contribution in [0.2, 0.25) is 5.02 Å². The number of carbonyl (C=O) groups is 1. The Labute approximate surface area is 109 Å². The van der Waals surface area contributed by atoms with Crippen molar-refractivity contribution in [3.63, 3.8) is 0 Å². The SMILES string of the molecule is NC1CN(C(=O)O)CCC1c1ccc(F)c(Cl)c1. The number of carboxylic acid groups (broad SMARTS) is 1. The molecule has 18 heavy (non-hydrogen) atoms. The van der Waals surface area contributed by atoms with Crippen molar-refractivity contribution in [2.45, 2.75) is 18.4 Å². The molecule has 2 unspecified atom stereocenters. The number of rotatable bonds is 1. The fourth-order valence-corrected chi connectivity index (χ4v) is 2.50. The van der Waals surface area contributed by atoms with Gasteiger partial charge in [-0.25, -0.2) is 9.18 Å². The zero-order chi connectivity index (χ0) is 13.3. The Bertz CT molecular complexity index is 469. The van der Waals surface area contributed by atoms with Crippen LogP contribution in [0.25, 0.3) is 0 Å². The molecule has 0 saturated carbocycles. The lowest BCUT2D eigenvalue weighted by Crippen LogP contribution is -2.49. The van der Waals surface area contributed by atoms with Gasteiger partial charge in [0.2, 0.25) is 0 Å². The van der Waals surface area contributed by atoms with Gasteiger partial charge in [-0.3, -0.25) is 0 Å². The maximum absolute atomic E-state index is 13.1. The first-order valence-electron chi connectivity index (χ1n) is 5.67. The van der Waals surface area contributed by atoms with E-state index in [0.29, 0.717) is 13.0 Å². The first kappa shape index (κ1) is 13.1. The van der Waals surface area contributed by atoms with Crippen molar-refractivity contribution in [3.8, 4) is 0 Å². The summed E-state index contributed by atoms with van der Waals surface area (Å²) in [5.41, 5.74) is 6.85. The molecule has 2 atom stereocenters. The standard InChI is InChI=1S/C12H14ClFN2O2/c13-9-5-7(1-2-10(9)14)8-3-4-16(12(17)18)6-11(8)15/h1-2,5,8,11H,3-4,6,15H2,(H,17,18). The fourth-order valence-electron chi connectivity index (χ4n) is 2.31. The molecular formula is C12H14ClFN2O2. The van der Waals surface area contributed by atoms with Crippen LogP contribution in [0.15, 0.2) is 18.2 Å². The Morgan fingerprint density at radius 2 is 2.28 bits per heavy atom. The van der Waals surface area contributed by atoms with Gasteiger partial charge >= 0.3 is 6.09 Å². The molecule has 1 aliphatic heterocycles. The van der Waals surface area contributed by atoms with E-state index in [2.05, 4.69) is 0 Å². The molecule has 1 amide bonds. The summed E-state index contributed by atoms with van der Waals surface area (Å²) in [6.07, 6.45) is -0.337. The number of hydrogen-bond donors (Lipinski definition) is 2. The lowest BCUT2D eigenvalue weighted by Gasteiger charge is -2.35. The second-order valence-electron chi connectivity index (χ2n) is 4.46. The topological polar surface area (TPSA) is 66.6 Å². The van der Waals surface area contributed by atoms with Crippen LogP contribution in [0, 0.1) is 5.82 Å². The summed E-state index contributed by atoms with van der Waals surface area (Å²) in [5, 5.41) is 8.96. The van der Waals surface area contributed by atoms with Gasteiger partial charge in [0.05, 0.1) is 5.02 Å². The number of likely N-dealkylation sites (tertiary alicyclic amines) is 1. The number of halogens is 2. The highest BCUT2D eigenvalue weighted by Gasteiger charge is 2.30. The number of nitrogens with zero attached hydrogens (tertiary/aromatic N) is 1. The van der Waals surface area contributed by atoms with E-state index in [1.54, 1.807) is 12.1 Å². The lowest BCUT2D eigenvalue weighted by atomic mass is 9.86. The van der Waals surface area contributed by atoms with E-state index in [4.69, 9.17) is 22.4 Å². The van der Waals surface area contributed by atoms with Crippen LogP contribution in [0.5, 0.6) is 0 Å². The molecular weight excluding hydrogens is 259 g/mol. The van der Waals surface area contributed by atoms with Crippen molar-refractivity contribution in [1.82, 2.24) is 4.90 Å². The van der Waals surface area contributed by atoms with Crippen molar-refractivity contribution in [2.24, 2.45) is 5.73 Å². The molecule has 4 nitrogen and oxygen atoms in total. The van der Waals surface area contributed by atoms with Gasteiger partial charge in [-0.2, -0.15) is 0 Å². The summed E-state index contributed by atoms with van der Waals surface area (Å²) >= 11 is 5.74. The summed E-state index contributed by atoms with van der Waals surface area (Å²) in [6, 6.07) is 4.24. The van der Waals surface area contributed by atoms with Gasteiger partial charge in [-0.15, -0.1) is 0 Å². The van der Waals surface area contributed by atoms with E-state index < -0.39 is 11.9 Å². The molecule has 1 aliphatic rings. The molecule has 2 rings (SSSR count). The molecule has 1 heterocycles. The average Bonchev–Trinajstić information content (AvgIpc) is 2.32. The molecule has 1 aromatic carbocycles. The minimum absolute atomic E-state index is 0.0127. The van der Waals surface area contributed by atoms with Crippen LogP contribution in [0.4, 0.5) is 9.18 Å². The van der Waals surface area contributed by atoms with Gasteiger partial charge in [0, 0.05) is 25.0 Å². The minimum Gasteiger partial charge on any atom is -0.465 e. The van der Waals surface area contributed by atoms with Gasteiger partial charge in [-0.05, 0) is 24.1 Å². The van der Waals surface area contributed by atoms with E-state index in [9.17, 15) is 9.18 Å². The zero-order valence-corrected chi connectivity index (χ0v) is 10.4. The van der Waals surface area contributed by atoms with Crippen molar-refractivity contribution in [2.75, 3.05) is 13.1 Å². The lowest BCUT2D eigenvalue weighted by molar-refractivity contribution is 0.126. The van der Waals surface area contributed by atoms with Crippen LogP contribution in [0.1, 0.15) is 17.9 Å². The third-order valence-electron chi connectivity index (χ3n) is 3.30. The molecule has 0 aliphatic carbocycles. The number of nitrogens with two attached hydrogens (primary N) is 1. The molecule has 0 aromatic heterocycles. The molecule has 6 heteroatoms. The number of amides is 1. The summed E-state index contributed by atoms with van der Waals surface area (Å²) in [5.74, 6) is -0.448. The van der Waals surface area contributed by atoms with Gasteiger partial charge in [0.25, 0.3) is 0 Å². The maximum Gasteiger partial charge on any atom is 0.407 e. The van der Waals surface area contributed by atoms with Crippen LogP contribution >= 0.6 is 11.6 Å². The largest absolute Gasteiger partial charge is 0.465 e. The van der Waals surface area contributed by atoms with E-state index >= 15 is 0 Å². The van der Waals surface area contributed by atoms with Crippen LogP contribution < -0.4 is 5.73 Å². The minimum atomic E-state index is -0.957. The Kier molecular flexibility index (Phi) is 3.73. The summed E-state index contributed by atoms with van der Waals surface area (Å²) in [4.78, 5) is 12.1. The summed E-state index contributed by atoms with van der Waals surface area (Å²) in [6.45, 7) is 0.720. The number of benzene rings is 1. The monoisotopic (exact) mass is 272 g/mol. The molecule has 98 valence electrons. The van der Waals surface area contributed by atoms with Crippen molar-refractivity contribution >= 4 is 17.7 Å². The second-order valence-corrected chi connectivity index (χ2v) is 4.87. The average molecular weight is 273 g/mol. The van der Waals surface area contributed by atoms with E-state index in [0.717, 1.165) is 5.56 Å². The van der Waals surface area contributed by atoms with E-state index in [1.165, 1.54) is 11.0 Å². The highest BCUT2D eigenvalue weighted by molar-refractivity contribution is 6.30. The normalized spacial score (nSPS) is 24.1. The smallest absolute Gasteiger partial charge is 0.407 e. The van der Waals surface area contributed by atoms with Crippen molar-refractivity contribution in [3.05, 3.63) is 34.6 Å². The first-order valence-corrected chi connectivity index (χ1v) is 6.05. The maximum atomic E-state index is 13.1. The molecule has 1 aromatic rings. The quantitative estimate of drug-likeness (QED) is 0.824. The van der Waals surface area contributed by atoms with Crippen molar-refractivity contribution < 1.29 is 14.3 Å². The molecule has 0 bridgehead atoms.